The van der Waals surface area contributed by atoms with E-state index >= 15 is 0 Å². The Bertz CT molecular complexity index is 728. The molecule has 2 rings (SSSR count). The number of aliphatic imine (C=N–C) groups is 1. The first kappa shape index (κ1) is 27.4. The van der Waals surface area contributed by atoms with Gasteiger partial charge in [0.25, 0.3) is 0 Å². The molecule has 0 saturated heterocycles. The molecule has 1 aromatic rings. The van der Waals surface area contributed by atoms with Gasteiger partial charge in [-0.05, 0) is 33.6 Å². The van der Waals surface area contributed by atoms with Crippen molar-refractivity contribution in [2.75, 3.05) is 26.7 Å². The summed E-state index contributed by atoms with van der Waals surface area (Å²) < 4.78 is 7.52. The molecule has 0 spiro atoms. The van der Waals surface area contributed by atoms with Crippen LogP contribution in [0.1, 0.15) is 72.0 Å². The topological polar surface area (TPSA) is 96.7 Å². The molecule has 0 aliphatic carbocycles. The van der Waals surface area contributed by atoms with Gasteiger partial charge < -0.3 is 20.3 Å². The van der Waals surface area contributed by atoms with Crippen LogP contribution < -0.4 is 10.6 Å². The normalized spacial score (nSPS) is 16.4. The third-order valence-corrected chi connectivity index (χ3v) is 4.77. The van der Waals surface area contributed by atoms with E-state index in [9.17, 15) is 4.79 Å². The van der Waals surface area contributed by atoms with Gasteiger partial charge in [0.15, 0.2) is 11.8 Å². The molecule has 2 heterocycles. The number of aromatic nitrogens is 3. The molecule has 1 aliphatic heterocycles. The lowest BCUT2D eigenvalue weighted by molar-refractivity contribution is 0.0253. The van der Waals surface area contributed by atoms with E-state index in [0.717, 1.165) is 43.4 Å². The van der Waals surface area contributed by atoms with Gasteiger partial charge >= 0.3 is 6.09 Å². The summed E-state index contributed by atoms with van der Waals surface area (Å²) in [5, 5.41) is 11.4. The van der Waals surface area contributed by atoms with Gasteiger partial charge in [-0.2, -0.15) is 5.10 Å². The van der Waals surface area contributed by atoms with E-state index in [2.05, 4.69) is 46.5 Å². The third-order valence-electron chi connectivity index (χ3n) is 4.77. The van der Waals surface area contributed by atoms with Gasteiger partial charge in [0.2, 0.25) is 0 Å². The number of carbonyl (C=O) groups is 1. The molecule has 1 amide bonds. The minimum Gasteiger partial charge on any atom is -0.444 e. The molecule has 1 aromatic heterocycles. The number of fused-ring (bicyclic) bond motifs is 1. The minimum absolute atomic E-state index is 0. The fourth-order valence-electron chi connectivity index (χ4n) is 3.28. The number of amides is 1. The van der Waals surface area contributed by atoms with Gasteiger partial charge in [-0.25, -0.2) is 14.5 Å². The van der Waals surface area contributed by atoms with Crippen LogP contribution in [0.2, 0.25) is 0 Å². The maximum absolute atomic E-state index is 12.4. The smallest absolute Gasteiger partial charge is 0.410 e. The second-order valence-electron chi connectivity index (χ2n) is 9.07. The molecule has 0 radical (unpaired) electrons. The lowest BCUT2D eigenvalue weighted by Crippen LogP contribution is -2.49. The van der Waals surface area contributed by atoms with Crippen LogP contribution in [0.4, 0.5) is 4.79 Å². The zero-order valence-electron chi connectivity index (χ0n) is 20.1. The average Bonchev–Trinajstić information content (AvgIpc) is 3.08. The van der Waals surface area contributed by atoms with Gasteiger partial charge in [-0.1, -0.05) is 20.8 Å². The fourth-order valence-corrected chi connectivity index (χ4v) is 3.28. The number of aryl methyl sites for hydroxylation is 1. The monoisotopic (exact) mass is 549 g/mol. The van der Waals surface area contributed by atoms with Crippen molar-refractivity contribution in [3.8, 4) is 0 Å². The molecule has 10 heteroatoms. The summed E-state index contributed by atoms with van der Waals surface area (Å²) >= 11 is 0. The second kappa shape index (κ2) is 12.4. The van der Waals surface area contributed by atoms with Crippen LogP contribution in [0, 0.1) is 0 Å². The quantitative estimate of drug-likeness (QED) is 0.308. The Hall–Kier alpha value is -1.59. The SMILES string of the molecule is CCCN(CCNC(=NC)NC1CCc2nc(C(C)C)nn2C1)C(=O)OC(C)(C)C.I. The average molecular weight is 550 g/mol. The minimum atomic E-state index is -0.495. The molecule has 31 heavy (non-hydrogen) atoms. The Morgan fingerprint density at radius 2 is 2.06 bits per heavy atom. The lowest BCUT2D eigenvalue weighted by Gasteiger charge is -2.28. The number of hydrogen-bond acceptors (Lipinski definition) is 5. The Labute approximate surface area is 203 Å². The Kier molecular flexibility index (Phi) is 11.0. The number of nitrogens with one attached hydrogen (secondary N) is 2. The summed E-state index contributed by atoms with van der Waals surface area (Å²) in [7, 11) is 1.76. The Morgan fingerprint density at radius 3 is 2.65 bits per heavy atom. The number of nitrogens with zero attached hydrogens (tertiary/aromatic N) is 5. The zero-order chi connectivity index (χ0) is 22.3. The van der Waals surface area contributed by atoms with Crippen LogP contribution >= 0.6 is 24.0 Å². The van der Waals surface area contributed by atoms with Crippen LogP contribution in [-0.4, -0.2) is 70.0 Å². The lowest BCUT2D eigenvalue weighted by atomic mass is 10.1. The van der Waals surface area contributed by atoms with E-state index in [1.807, 2.05) is 25.5 Å². The molecular formula is C21H40IN7O2. The van der Waals surface area contributed by atoms with E-state index in [1.165, 1.54) is 0 Å². The summed E-state index contributed by atoms with van der Waals surface area (Å²) in [4.78, 5) is 23.1. The number of ether oxygens (including phenoxy) is 1. The van der Waals surface area contributed by atoms with Gasteiger partial charge in [-0.15, -0.1) is 24.0 Å². The predicted molar refractivity (Wildman–Crippen MR) is 134 cm³/mol. The molecule has 0 fully saturated rings. The Balaban J connectivity index is 0.00000480. The van der Waals surface area contributed by atoms with Crippen molar-refractivity contribution in [2.45, 2.75) is 84.9 Å². The van der Waals surface area contributed by atoms with Crippen LogP contribution in [0.15, 0.2) is 4.99 Å². The highest BCUT2D eigenvalue weighted by Gasteiger charge is 2.24. The third kappa shape index (κ3) is 8.82. The summed E-state index contributed by atoms with van der Waals surface area (Å²) in [6, 6.07) is 0.239. The van der Waals surface area contributed by atoms with Crippen LogP contribution in [0.5, 0.6) is 0 Å². The van der Waals surface area contributed by atoms with Crippen LogP contribution in [0.3, 0.4) is 0 Å². The molecule has 1 atom stereocenters. The zero-order valence-corrected chi connectivity index (χ0v) is 22.4. The molecule has 1 unspecified atom stereocenters. The van der Waals surface area contributed by atoms with Gasteiger partial charge in [-0.3, -0.25) is 4.99 Å². The molecule has 9 nitrogen and oxygen atoms in total. The maximum Gasteiger partial charge on any atom is 0.410 e. The molecule has 0 aromatic carbocycles. The summed E-state index contributed by atoms with van der Waals surface area (Å²) in [6.45, 7) is 14.5. The Morgan fingerprint density at radius 1 is 1.35 bits per heavy atom. The highest BCUT2D eigenvalue weighted by atomic mass is 127. The van der Waals surface area contributed by atoms with Crippen molar-refractivity contribution >= 4 is 36.0 Å². The standard InChI is InChI=1S/C21H39N7O2.HI/c1-8-12-27(20(29)30-21(4,5)6)13-11-23-19(22-7)24-16-9-10-17-25-18(15(2)3)26-28(17)14-16;/h15-16H,8-14H2,1-7H3,(H2,22,23,24);1H. The highest BCUT2D eigenvalue weighted by Crippen LogP contribution is 2.17. The van der Waals surface area contributed by atoms with Crippen molar-refractivity contribution in [1.29, 1.82) is 0 Å². The first-order valence-electron chi connectivity index (χ1n) is 11.0. The molecule has 178 valence electrons. The van der Waals surface area contributed by atoms with Crippen molar-refractivity contribution in [2.24, 2.45) is 4.99 Å². The second-order valence-corrected chi connectivity index (χ2v) is 9.07. The van der Waals surface area contributed by atoms with Crippen LogP contribution in [0.25, 0.3) is 0 Å². The van der Waals surface area contributed by atoms with E-state index in [0.29, 0.717) is 25.6 Å². The largest absolute Gasteiger partial charge is 0.444 e. The summed E-state index contributed by atoms with van der Waals surface area (Å²) in [6.07, 6.45) is 2.49. The molecule has 1 aliphatic rings. The number of carbonyl (C=O) groups excluding carboxylic acids is 1. The van der Waals surface area contributed by atoms with E-state index in [4.69, 9.17) is 4.74 Å². The molecule has 0 saturated carbocycles. The highest BCUT2D eigenvalue weighted by molar-refractivity contribution is 14.0. The number of rotatable bonds is 7. The summed E-state index contributed by atoms with van der Waals surface area (Å²) in [5.41, 5.74) is -0.495. The predicted octanol–water partition coefficient (Wildman–Crippen LogP) is 3.15. The number of halogens is 1. The first-order chi connectivity index (χ1) is 14.1. The van der Waals surface area contributed by atoms with Crippen molar-refractivity contribution in [3.05, 3.63) is 11.6 Å². The van der Waals surface area contributed by atoms with Gasteiger partial charge in [0.1, 0.15) is 11.4 Å². The number of hydrogen-bond donors (Lipinski definition) is 2. The first-order valence-corrected chi connectivity index (χ1v) is 11.0. The molecular weight excluding hydrogens is 509 g/mol. The summed E-state index contributed by atoms with van der Waals surface area (Å²) in [5.74, 6) is 3.03. The molecule has 2 N–H and O–H groups in total. The van der Waals surface area contributed by atoms with Crippen LogP contribution in [-0.2, 0) is 17.7 Å². The van der Waals surface area contributed by atoms with E-state index < -0.39 is 5.60 Å². The molecule has 0 bridgehead atoms. The van der Waals surface area contributed by atoms with Crippen molar-refractivity contribution in [3.63, 3.8) is 0 Å². The maximum atomic E-state index is 12.4. The van der Waals surface area contributed by atoms with E-state index in [-0.39, 0.29) is 36.1 Å². The van der Waals surface area contributed by atoms with Gasteiger partial charge in [0, 0.05) is 45.1 Å². The van der Waals surface area contributed by atoms with E-state index in [1.54, 1.807) is 11.9 Å². The van der Waals surface area contributed by atoms with Gasteiger partial charge in [0.05, 0.1) is 6.54 Å². The number of guanidine groups is 1. The van der Waals surface area contributed by atoms with Crippen molar-refractivity contribution in [1.82, 2.24) is 30.3 Å². The fraction of sp³-hybridized carbons (Fsp3) is 0.810. The van der Waals surface area contributed by atoms with Crippen molar-refractivity contribution < 1.29 is 9.53 Å².